The fourth-order valence-corrected chi connectivity index (χ4v) is 3.06. The van der Waals surface area contributed by atoms with E-state index in [-0.39, 0.29) is 17.9 Å². The number of nitrogens with one attached hydrogen (secondary N) is 3. The summed E-state index contributed by atoms with van der Waals surface area (Å²) in [6, 6.07) is 7.78. The van der Waals surface area contributed by atoms with Crippen LogP contribution in [0.3, 0.4) is 0 Å². The maximum Gasteiger partial charge on any atom is 0.225 e. The molecule has 0 aliphatic rings. The molecule has 1 aromatic carbocycles. The molecule has 6 nitrogen and oxygen atoms in total. The minimum absolute atomic E-state index is 0.0154. The van der Waals surface area contributed by atoms with E-state index < -0.39 is 0 Å². The van der Waals surface area contributed by atoms with Crippen LogP contribution < -0.4 is 5.32 Å². The molecule has 0 bridgehead atoms. The molecule has 3 N–H and O–H groups in total. The number of imidazole rings is 1. The lowest BCUT2D eigenvalue weighted by molar-refractivity contribution is -0.121. The highest BCUT2D eigenvalue weighted by Crippen LogP contribution is 2.25. The standard InChI is InChI=1S/C19H25N5O/c1-5-11(2)18(19-20-15-8-6-7-9-16(15)21-19)22-17(25)10-14-12(3)23-24-13(14)4/h6-9,11,18H,5,10H2,1-4H3,(H,20,21)(H,22,25)(H,23,24)/t11-,18+/m1/s1. The van der Waals surface area contributed by atoms with Crippen LogP contribution in [0.4, 0.5) is 0 Å². The maximum absolute atomic E-state index is 12.6. The molecule has 1 amide bonds. The van der Waals surface area contributed by atoms with Crippen LogP contribution in [-0.4, -0.2) is 26.1 Å². The van der Waals surface area contributed by atoms with Crippen LogP contribution in [0.25, 0.3) is 11.0 Å². The summed E-state index contributed by atoms with van der Waals surface area (Å²) in [5.74, 6) is 1.07. The fourth-order valence-electron chi connectivity index (χ4n) is 3.06. The second kappa shape index (κ2) is 7.09. The van der Waals surface area contributed by atoms with Crippen molar-refractivity contribution >= 4 is 16.9 Å². The molecular weight excluding hydrogens is 314 g/mol. The number of aromatic nitrogens is 4. The van der Waals surface area contributed by atoms with Crippen molar-refractivity contribution in [1.29, 1.82) is 0 Å². The van der Waals surface area contributed by atoms with Crippen molar-refractivity contribution in [2.45, 2.75) is 46.6 Å². The number of aromatic amines is 2. The number of rotatable bonds is 6. The number of amides is 1. The predicted molar refractivity (Wildman–Crippen MR) is 98.2 cm³/mol. The van der Waals surface area contributed by atoms with Crippen molar-refractivity contribution < 1.29 is 4.79 Å². The first-order valence-electron chi connectivity index (χ1n) is 8.74. The highest BCUT2D eigenvalue weighted by atomic mass is 16.1. The largest absolute Gasteiger partial charge is 0.346 e. The summed E-state index contributed by atoms with van der Waals surface area (Å²) in [6.45, 7) is 8.11. The van der Waals surface area contributed by atoms with Crippen molar-refractivity contribution in [2.24, 2.45) is 5.92 Å². The molecule has 2 atom stereocenters. The molecule has 3 aromatic rings. The average Bonchev–Trinajstić information content (AvgIpc) is 3.17. The van der Waals surface area contributed by atoms with E-state index in [9.17, 15) is 4.79 Å². The van der Waals surface area contributed by atoms with Gasteiger partial charge in [-0.15, -0.1) is 0 Å². The van der Waals surface area contributed by atoms with Gasteiger partial charge in [-0.25, -0.2) is 4.98 Å². The summed E-state index contributed by atoms with van der Waals surface area (Å²) >= 11 is 0. The van der Waals surface area contributed by atoms with Crippen LogP contribution >= 0.6 is 0 Å². The van der Waals surface area contributed by atoms with Gasteiger partial charge in [0.2, 0.25) is 5.91 Å². The number of H-pyrrole nitrogens is 2. The van der Waals surface area contributed by atoms with Crippen molar-refractivity contribution in [2.75, 3.05) is 0 Å². The number of aryl methyl sites for hydroxylation is 2. The molecule has 6 heteroatoms. The summed E-state index contributed by atoms with van der Waals surface area (Å²) in [4.78, 5) is 20.7. The Kier molecular flexibility index (Phi) is 4.88. The number of carbonyl (C=O) groups excluding carboxylic acids is 1. The number of hydrogen-bond donors (Lipinski definition) is 3. The molecule has 0 fully saturated rings. The van der Waals surface area contributed by atoms with Gasteiger partial charge >= 0.3 is 0 Å². The van der Waals surface area contributed by atoms with Crippen LogP contribution in [-0.2, 0) is 11.2 Å². The highest BCUT2D eigenvalue weighted by Gasteiger charge is 2.24. The molecular formula is C19H25N5O. The van der Waals surface area contributed by atoms with E-state index >= 15 is 0 Å². The van der Waals surface area contributed by atoms with Crippen molar-refractivity contribution in [3.05, 3.63) is 47.0 Å². The SMILES string of the molecule is CC[C@@H](C)[C@H](NC(=O)Cc1c(C)n[nH]c1C)c1nc2ccccc2[nH]1. The Bertz CT molecular complexity index is 826. The first kappa shape index (κ1) is 17.2. The van der Waals surface area contributed by atoms with E-state index in [1.54, 1.807) is 0 Å². The molecule has 0 spiro atoms. The first-order valence-corrected chi connectivity index (χ1v) is 8.74. The molecule has 132 valence electrons. The van der Waals surface area contributed by atoms with Gasteiger partial charge in [0.05, 0.1) is 29.2 Å². The van der Waals surface area contributed by atoms with Gasteiger partial charge in [0.15, 0.2) is 0 Å². The van der Waals surface area contributed by atoms with Gasteiger partial charge in [0.1, 0.15) is 5.82 Å². The topological polar surface area (TPSA) is 86.5 Å². The summed E-state index contributed by atoms with van der Waals surface area (Å²) < 4.78 is 0. The summed E-state index contributed by atoms with van der Waals surface area (Å²) in [6.07, 6.45) is 1.27. The molecule has 2 heterocycles. The minimum Gasteiger partial charge on any atom is -0.346 e. The van der Waals surface area contributed by atoms with Gasteiger partial charge in [-0.2, -0.15) is 5.10 Å². The monoisotopic (exact) mass is 339 g/mol. The van der Waals surface area contributed by atoms with Gasteiger partial charge in [0.25, 0.3) is 0 Å². The molecule has 0 saturated carbocycles. The van der Waals surface area contributed by atoms with Crippen LogP contribution in [0.15, 0.2) is 24.3 Å². The van der Waals surface area contributed by atoms with Gasteiger partial charge in [-0.1, -0.05) is 32.4 Å². The second-order valence-electron chi connectivity index (χ2n) is 6.66. The second-order valence-corrected chi connectivity index (χ2v) is 6.66. The molecule has 0 radical (unpaired) electrons. The number of para-hydroxylation sites is 2. The van der Waals surface area contributed by atoms with E-state index in [2.05, 4.69) is 39.3 Å². The zero-order valence-corrected chi connectivity index (χ0v) is 15.2. The average molecular weight is 339 g/mol. The lowest BCUT2D eigenvalue weighted by Gasteiger charge is -2.22. The number of fused-ring (bicyclic) bond motifs is 1. The number of carbonyl (C=O) groups is 1. The Morgan fingerprint density at radius 3 is 2.68 bits per heavy atom. The Morgan fingerprint density at radius 1 is 1.28 bits per heavy atom. The summed E-state index contributed by atoms with van der Waals surface area (Å²) in [5, 5.41) is 10.3. The predicted octanol–water partition coefficient (Wildman–Crippen LogP) is 3.35. The minimum atomic E-state index is -0.141. The molecule has 0 saturated heterocycles. The zero-order valence-electron chi connectivity index (χ0n) is 15.2. The molecule has 25 heavy (non-hydrogen) atoms. The van der Waals surface area contributed by atoms with Gasteiger partial charge < -0.3 is 10.3 Å². The van der Waals surface area contributed by atoms with Gasteiger partial charge in [0, 0.05) is 11.3 Å². The zero-order chi connectivity index (χ0) is 18.0. The first-order chi connectivity index (χ1) is 12.0. The van der Waals surface area contributed by atoms with Crippen molar-refractivity contribution in [3.63, 3.8) is 0 Å². The summed E-state index contributed by atoms with van der Waals surface area (Å²) in [5.41, 5.74) is 4.68. The fraction of sp³-hybridized carbons (Fsp3) is 0.421. The van der Waals surface area contributed by atoms with E-state index in [0.29, 0.717) is 6.42 Å². The van der Waals surface area contributed by atoms with Crippen LogP contribution in [0.1, 0.15) is 49.1 Å². The third-order valence-corrected chi connectivity index (χ3v) is 4.85. The van der Waals surface area contributed by atoms with Crippen LogP contribution in [0.5, 0.6) is 0 Å². The van der Waals surface area contributed by atoms with E-state index in [1.165, 1.54) is 0 Å². The van der Waals surface area contributed by atoms with Crippen molar-refractivity contribution in [3.8, 4) is 0 Å². The molecule has 3 rings (SSSR count). The maximum atomic E-state index is 12.6. The molecule has 0 unspecified atom stereocenters. The lowest BCUT2D eigenvalue weighted by Crippen LogP contribution is -2.34. The third-order valence-electron chi connectivity index (χ3n) is 4.85. The summed E-state index contributed by atoms with van der Waals surface area (Å²) in [7, 11) is 0. The van der Waals surface area contributed by atoms with Gasteiger partial charge in [-0.05, 0) is 31.9 Å². The Morgan fingerprint density at radius 2 is 2.04 bits per heavy atom. The van der Waals surface area contributed by atoms with E-state index in [0.717, 1.165) is 40.2 Å². The molecule has 2 aromatic heterocycles. The van der Waals surface area contributed by atoms with Crippen LogP contribution in [0.2, 0.25) is 0 Å². The third kappa shape index (κ3) is 3.57. The quantitative estimate of drug-likeness (QED) is 0.644. The normalized spacial score (nSPS) is 13.8. The van der Waals surface area contributed by atoms with E-state index in [4.69, 9.17) is 0 Å². The number of hydrogen-bond acceptors (Lipinski definition) is 3. The molecule has 0 aliphatic carbocycles. The van der Waals surface area contributed by atoms with Gasteiger partial charge in [-0.3, -0.25) is 9.89 Å². The van der Waals surface area contributed by atoms with Crippen molar-refractivity contribution in [1.82, 2.24) is 25.5 Å². The number of nitrogens with zero attached hydrogens (tertiary/aromatic N) is 2. The van der Waals surface area contributed by atoms with E-state index in [1.807, 2.05) is 38.1 Å². The Balaban J connectivity index is 1.82. The Labute approximate surface area is 147 Å². The lowest BCUT2D eigenvalue weighted by atomic mass is 9.98. The molecule has 0 aliphatic heterocycles. The highest BCUT2D eigenvalue weighted by molar-refractivity contribution is 5.80. The number of benzene rings is 1. The Hall–Kier alpha value is -2.63. The van der Waals surface area contributed by atoms with Crippen LogP contribution in [0, 0.1) is 19.8 Å². The smallest absolute Gasteiger partial charge is 0.225 e.